The zero-order valence-corrected chi connectivity index (χ0v) is 16.5. The van der Waals surface area contributed by atoms with Crippen molar-refractivity contribution in [2.75, 3.05) is 14.2 Å². The molecule has 7 nitrogen and oxygen atoms in total. The van der Waals surface area contributed by atoms with E-state index >= 15 is 0 Å². The third kappa shape index (κ3) is 3.30. The number of thiazole rings is 1. The number of ketones is 2. The van der Waals surface area contributed by atoms with Crippen LogP contribution in [0.2, 0.25) is 0 Å². The maximum atomic E-state index is 13.0. The second-order valence-electron chi connectivity index (χ2n) is 6.54. The minimum atomic E-state index is -0.266. The van der Waals surface area contributed by atoms with E-state index < -0.39 is 0 Å². The monoisotopic (exact) mass is 408 g/mol. The van der Waals surface area contributed by atoms with Crippen LogP contribution in [0.25, 0.3) is 10.4 Å². The van der Waals surface area contributed by atoms with Gasteiger partial charge in [-0.15, -0.1) is 0 Å². The van der Waals surface area contributed by atoms with Gasteiger partial charge in [-0.2, -0.15) is 4.85 Å². The summed E-state index contributed by atoms with van der Waals surface area (Å²) < 4.78 is 16.0. The highest BCUT2D eigenvalue weighted by molar-refractivity contribution is 7.11. The van der Waals surface area contributed by atoms with Crippen LogP contribution >= 0.6 is 11.3 Å². The molecular formula is C21H16N2O5S. The number of nitrogens with zero attached hydrogens (tertiary/aromatic N) is 2. The second kappa shape index (κ2) is 7.53. The van der Waals surface area contributed by atoms with Crippen LogP contribution < -0.4 is 14.2 Å². The van der Waals surface area contributed by atoms with Gasteiger partial charge in [0.25, 0.3) is 0 Å². The van der Waals surface area contributed by atoms with E-state index in [1.807, 2.05) is 6.07 Å². The molecule has 0 bridgehead atoms. The van der Waals surface area contributed by atoms with Crippen molar-refractivity contribution < 1.29 is 23.8 Å². The highest BCUT2D eigenvalue weighted by Crippen LogP contribution is 2.42. The van der Waals surface area contributed by atoms with E-state index in [1.54, 1.807) is 31.9 Å². The SMILES string of the molecule is [C-]#[N+]C1=CC(=C2C(=O)CC(c3ccc(OC)c(OC)c3)CC2=O)c2ncsc2O1. The molecule has 8 heteroatoms. The molecule has 1 aromatic heterocycles. The molecule has 0 N–H and O–H groups in total. The minimum Gasteiger partial charge on any atom is -0.493 e. The van der Waals surface area contributed by atoms with Gasteiger partial charge in [0.2, 0.25) is 0 Å². The molecule has 0 spiro atoms. The molecule has 0 unspecified atom stereocenters. The van der Waals surface area contributed by atoms with E-state index in [0.29, 0.717) is 27.8 Å². The number of rotatable bonds is 3. The minimum absolute atomic E-state index is 0.0202. The molecule has 1 aromatic carbocycles. The molecule has 29 heavy (non-hydrogen) atoms. The summed E-state index contributed by atoms with van der Waals surface area (Å²) in [6.45, 7) is 7.21. The lowest BCUT2D eigenvalue weighted by Crippen LogP contribution is -2.26. The number of methoxy groups -OCH3 is 2. The molecular weight excluding hydrogens is 392 g/mol. The first-order chi connectivity index (χ1) is 14.0. The number of benzene rings is 1. The molecule has 0 saturated heterocycles. The van der Waals surface area contributed by atoms with Gasteiger partial charge in [-0.05, 0) is 29.7 Å². The molecule has 146 valence electrons. The Bertz CT molecular complexity index is 1100. The lowest BCUT2D eigenvalue weighted by atomic mass is 9.78. The fourth-order valence-electron chi connectivity index (χ4n) is 3.57. The van der Waals surface area contributed by atoms with Gasteiger partial charge in [-0.1, -0.05) is 17.4 Å². The van der Waals surface area contributed by atoms with Gasteiger partial charge in [0.1, 0.15) is 5.69 Å². The van der Waals surface area contributed by atoms with Crippen LogP contribution in [0.5, 0.6) is 16.6 Å². The van der Waals surface area contributed by atoms with Crippen LogP contribution in [-0.4, -0.2) is 30.8 Å². The Morgan fingerprint density at radius 1 is 1.17 bits per heavy atom. The Labute approximate surface area is 171 Å². The standard InChI is InChI=1S/C21H16N2O5S/c1-22-18-9-13(20-21(28-18)29-10-23-20)19-14(24)6-12(7-15(19)25)11-4-5-16(26-2)17(8-11)27-3/h4-5,8-10,12H,6-7H2,2-3H3. The molecule has 0 amide bonds. The van der Waals surface area contributed by atoms with E-state index in [2.05, 4.69) is 9.83 Å². The number of hydrogen-bond acceptors (Lipinski definition) is 7. The summed E-state index contributed by atoms with van der Waals surface area (Å²) in [5, 5.41) is 0.420. The first-order valence-electron chi connectivity index (χ1n) is 8.79. The predicted octanol–water partition coefficient (Wildman–Crippen LogP) is 3.78. The molecule has 1 aliphatic carbocycles. The van der Waals surface area contributed by atoms with Crippen molar-refractivity contribution in [3.8, 4) is 16.6 Å². The zero-order valence-electron chi connectivity index (χ0n) is 15.7. The third-order valence-electron chi connectivity index (χ3n) is 4.93. The van der Waals surface area contributed by atoms with E-state index in [9.17, 15) is 9.59 Å². The van der Waals surface area contributed by atoms with Gasteiger partial charge in [0, 0.05) is 18.4 Å². The average molecular weight is 408 g/mol. The molecule has 4 rings (SSSR count). The maximum absolute atomic E-state index is 13.0. The fraction of sp³-hybridized carbons (Fsp3) is 0.238. The number of ether oxygens (including phenoxy) is 3. The zero-order chi connectivity index (χ0) is 20.5. The smallest absolute Gasteiger partial charge is 0.347 e. The van der Waals surface area contributed by atoms with Crippen LogP contribution in [0.1, 0.15) is 30.0 Å². The predicted molar refractivity (Wildman–Crippen MR) is 106 cm³/mol. The summed E-state index contributed by atoms with van der Waals surface area (Å²) in [6.07, 6.45) is 1.79. The Kier molecular flexibility index (Phi) is 4.91. The van der Waals surface area contributed by atoms with Gasteiger partial charge in [0.05, 0.1) is 31.9 Å². The lowest BCUT2D eigenvalue weighted by molar-refractivity contribution is -0.124. The van der Waals surface area contributed by atoms with Crippen molar-refractivity contribution in [1.82, 2.24) is 4.98 Å². The summed E-state index contributed by atoms with van der Waals surface area (Å²) in [6, 6.07) is 5.41. The van der Waals surface area contributed by atoms with Crippen LogP contribution in [0.15, 0.2) is 41.2 Å². The molecule has 1 aliphatic heterocycles. The highest BCUT2D eigenvalue weighted by atomic mass is 32.1. The summed E-state index contributed by atoms with van der Waals surface area (Å²) in [5.41, 5.74) is 3.31. The summed E-state index contributed by atoms with van der Waals surface area (Å²) in [5.74, 6) is 0.373. The van der Waals surface area contributed by atoms with Crippen molar-refractivity contribution in [1.29, 1.82) is 0 Å². The molecule has 0 radical (unpaired) electrons. The first-order valence-corrected chi connectivity index (χ1v) is 9.67. The van der Waals surface area contributed by atoms with E-state index in [0.717, 1.165) is 5.56 Å². The number of aromatic nitrogens is 1. The highest BCUT2D eigenvalue weighted by Gasteiger charge is 2.36. The normalized spacial score (nSPS) is 18.5. The molecule has 2 heterocycles. The van der Waals surface area contributed by atoms with Crippen LogP contribution in [-0.2, 0) is 9.59 Å². The van der Waals surface area contributed by atoms with E-state index in [1.165, 1.54) is 17.4 Å². The lowest BCUT2D eigenvalue weighted by Gasteiger charge is -2.25. The van der Waals surface area contributed by atoms with Crippen molar-refractivity contribution in [2.24, 2.45) is 0 Å². The number of hydrogen-bond donors (Lipinski definition) is 0. The number of allylic oxidation sites excluding steroid dienone is 3. The van der Waals surface area contributed by atoms with Crippen LogP contribution in [0, 0.1) is 6.57 Å². The molecule has 2 aliphatic rings. The molecule has 1 fully saturated rings. The number of carbonyl (C=O) groups is 2. The van der Waals surface area contributed by atoms with Crippen molar-refractivity contribution in [3.05, 3.63) is 63.9 Å². The number of fused-ring (bicyclic) bond motifs is 1. The van der Waals surface area contributed by atoms with E-state index in [-0.39, 0.29) is 41.8 Å². The largest absolute Gasteiger partial charge is 0.493 e. The Morgan fingerprint density at radius 2 is 1.90 bits per heavy atom. The van der Waals surface area contributed by atoms with Crippen LogP contribution in [0.3, 0.4) is 0 Å². The van der Waals surface area contributed by atoms with Gasteiger partial charge in [-0.25, -0.2) is 4.98 Å². The Balaban J connectivity index is 1.71. The van der Waals surface area contributed by atoms with Crippen molar-refractivity contribution in [3.63, 3.8) is 0 Å². The van der Waals surface area contributed by atoms with Gasteiger partial charge in [-0.3, -0.25) is 9.59 Å². The van der Waals surface area contributed by atoms with Gasteiger partial charge < -0.3 is 14.2 Å². The van der Waals surface area contributed by atoms with E-state index in [4.69, 9.17) is 20.8 Å². The number of Topliss-reactive ketones (excluding diaryl/α,β-unsaturated/α-hetero) is 2. The Morgan fingerprint density at radius 3 is 2.55 bits per heavy atom. The van der Waals surface area contributed by atoms with Crippen molar-refractivity contribution >= 4 is 28.5 Å². The summed E-state index contributed by atoms with van der Waals surface area (Å²) in [4.78, 5) is 33.5. The second-order valence-corrected chi connectivity index (χ2v) is 7.36. The molecule has 2 aromatic rings. The third-order valence-corrected chi connectivity index (χ3v) is 5.64. The maximum Gasteiger partial charge on any atom is 0.347 e. The topological polar surface area (TPSA) is 79.1 Å². The fourth-order valence-corrected chi connectivity index (χ4v) is 4.23. The molecule has 0 atom stereocenters. The van der Waals surface area contributed by atoms with Crippen molar-refractivity contribution in [2.45, 2.75) is 18.8 Å². The quantitative estimate of drug-likeness (QED) is 0.437. The van der Waals surface area contributed by atoms with Gasteiger partial charge in [0.15, 0.2) is 28.1 Å². The first kappa shape index (κ1) is 18.9. The molecule has 1 saturated carbocycles. The van der Waals surface area contributed by atoms with Crippen LogP contribution in [0.4, 0.5) is 0 Å². The average Bonchev–Trinajstić information content (AvgIpc) is 3.21. The summed E-state index contributed by atoms with van der Waals surface area (Å²) in [7, 11) is 3.09. The number of carbonyl (C=O) groups excluding carboxylic acids is 2. The summed E-state index contributed by atoms with van der Waals surface area (Å²) >= 11 is 1.22. The van der Waals surface area contributed by atoms with Gasteiger partial charge >= 0.3 is 5.88 Å². The Hall–Kier alpha value is -3.44.